The fraction of sp³-hybridized carbons (Fsp3) is 0.273. The Hall–Kier alpha value is -3.86. The van der Waals surface area contributed by atoms with Gasteiger partial charge in [0.15, 0.2) is 11.5 Å². The fourth-order valence-corrected chi connectivity index (χ4v) is 3.67. The standard InChI is InChI=1S/C22H24N4O6S/c1-29-15-7-5-6-13(10-15)20(27)23-9-8-18-25-26-22(33-18)24-21(28)14-11-16(30-2)19(32-4)17(12-14)31-3/h5-7,10-12H,8-9H2,1-4H3,(H,23,27)(H,24,26,28). The van der Waals surface area contributed by atoms with E-state index in [-0.39, 0.29) is 5.91 Å². The van der Waals surface area contributed by atoms with Crippen molar-refractivity contribution in [1.29, 1.82) is 0 Å². The summed E-state index contributed by atoms with van der Waals surface area (Å²) in [5.41, 5.74) is 0.816. The van der Waals surface area contributed by atoms with Crippen LogP contribution in [0, 0.1) is 0 Å². The zero-order valence-electron chi connectivity index (χ0n) is 18.6. The molecule has 1 heterocycles. The zero-order valence-corrected chi connectivity index (χ0v) is 19.4. The first kappa shape index (κ1) is 23.8. The second-order valence-corrected chi connectivity index (χ2v) is 7.67. The number of ether oxygens (including phenoxy) is 4. The van der Waals surface area contributed by atoms with Crippen LogP contribution >= 0.6 is 11.3 Å². The van der Waals surface area contributed by atoms with Gasteiger partial charge in [0, 0.05) is 24.1 Å². The van der Waals surface area contributed by atoms with Gasteiger partial charge in [-0.2, -0.15) is 0 Å². The maximum atomic E-state index is 12.7. The van der Waals surface area contributed by atoms with Crippen LogP contribution in [0.3, 0.4) is 0 Å². The number of nitrogens with one attached hydrogen (secondary N) is 2. The number of hydrogen-bond acceptors (Lipinski definition) is 9. The van der Waals surface area contributed by atoms with E-state index in [1.54, 1.807) is 43.5 Å². The van der Waals surface area contributed by atoms with Crippen LogP contribution in [-0.4, -0.2) is 57.0 Å². The normalized spacial score (nSPS) is 10.3. The van der Waals surface area contributed by atoms with Crippen LogP contribution in [0.4, 0.5) is 5.13 Å². The van der Waals surface area contributed by atoms with Crippen LogP contribution in [0.1, 0.15) is 25.7 Å². The molecule has 33 heavy (non-hydrogen) atoms. The Morgan fingerprint density at radius 2 is 1.61 bits per heavy atom. The highest BCUT2D eigenvalue weighted by molar-refractivity contribution is 7.15. The zero-order chi connectivity index (χ0) is 23.8. The molecule has 0 radical (unpaired) electrons. The molecule has 11 heteroatoms. The lowest BCUT2D eigenvalue weighted by Gasteiger charge is -2.13. The highest BCUT2D eigenvalue weighted by atomic mass is 32.1. The molecule has 2 aromatic carbocycles. The van der Waals surface area contributed by atoms with Gasteiger partial charge >= 0.3 is 0 Å². The molecular formula is C22H24N4O6S. The number of amides is 2. The molecule has 0 saturated carbocycles. The Kier molecular flexibility index (Phi) is 8.03. The molecule has 0 spiro atoms. The summed E-state index contributed by atoms with van der Waals surface area (Å²) >= 11 is 1.22. The maximum absolute atomic E-state index is 12.7. The van der Waals surface area contributed by atoms with Gasteiger partial charge in [0.05, 0.1) is 28.4 Å². The number of anilines is 1. The van der Waals surface area contributed by atoms with E-state index >= 15 is 0 Å². The van der Waals surface area contributed by atoms with Crippen molar-refractivity contribution in [2.45, 2.75) is 6.42 Å². The van der Waals surface area contributed by atoms with Gasteiger partial charge in [0.1, 0.15) is 10.8 Å². The van der Waals surface area contributed by atoms with E-state index < -0.39 is 5.91 Å². The van der Waals surface area contributed by atoms with Gasteiger partial charge in [-0.1, -0.05) is 17.4 Å². The van der Waals surface area contributed by atoms with Crippen molar-refractivity contribution in [1.82, 2.24) is 15.5 Å². The molecule has 174 valence electrons. The Morgan fingerprint density at radius 3 is 2.24 bits per heavy atom. The largest absolute Gasteiger partial charge is 0.497 e. The average molecular weight is 473 g/mol. The van der Waals surface area contributed by atoms with Gasteiger partial charge in [-0.05, 0) is 30.3 Å². The molecule has 0 bridgehead atoms. The minimum Gasteiger partial charge on any atom is -0.497 e. The van der Waals surface area contributed by atoms with E-state index in [1.807, 2.05) is 0 Å². The minimum absolute atomic E-state index is 0.214. The van der Waals surface area contributed by atoms with E-state index in [0.29, 0.717) is 57.2 Å². The molecule has 0 aliphatic heterocycles. The summed E-state index contributed by atoms with van der Waals surface area (Å²) in [5, 5.41) is 14.6. The second kappa shape index (κ2) is 11.1. The van der Waals surface area contributed by atoms with E-state index in [4.69, 9.17) is 18.9 Å². The first-order chi connectivity index (χ1) is 16.0. The molecule has 0 atom stereocenters. The van der Waals surface area contributed by atoms with Gasteiger partial charge in [-0.3, -0.25) is 14.9 Å². The summed E-state index contributed by atoms with van der Waals surface area (Å²) in [7, 11) is 5.98. The van der Waals surface area contributed by atoms with Crippen molar-refractivity contribution in [2.24, 2.45) is 0 Å². The third-order valence-corrected chi connectivity index (χ3v) is 5.47. The predicted octanol–water partition coefficient (Wildman–Crippen LogP) is 2.80. The Labute approximate surface area is 194 Å². The van der Waals surface area contributed by atoms with Gasteiger partial charge in [0.2, 0.25) is 10.9 Å². The van der Waals surface area contributed by atoms with Gasteiger partial charge < -0.3 is 24.3 Å². The molecule has 10 nitrogen and oxygen atoms in total. The summed E-state index contributed by atoms with van der Waals surface area (Å²) < 4.78 is 21.0. The maximum Gasteiger partial charge on any atom is 0.257 e. The van der Waals surface area contributed by atoms with E-state index in [1.165, 1.54) is 32.7 Å². The molecule has 2 N–H and O–H groups in total. The summed E-state index contributed by atoms with van der Waals surface area (Å²) in [5.74, 6) is 1.13. The van der Waals surface area contributed by atoms with Crippen molar-refractivity contribution >= 4 is 28.3 Å². The molecule has 0 aliphatic rings. The topological polar surface area (TPSA) is 121 Å². The molecule has 0 aliphatic carbocycles. The number of benzene rings is 2. The van der Waals surface area contributed by atoms with Gasteiger partial charge in [-0.25, -0.2) is 0 Å². The number of carbonyl (C=O) groups is 2. The van der Waals surface area contributed by atoms with Crippen molar-refractivity contribution in [3.63, 3.8) is 0 Å². The van der Waals surface area contributed by atoms with E-state index in [2.05, 4.69) is 20.8 Å². The molecule has 3 rings (SSSR count). The van der Waals surface area contributed by atoms with E-state index in [9.17, 15) is 9.59 Å². The SMILES string of the molecule is COc1cccc(C(=O)NCCc2nnc(NC(=O)c3cc(OC)c(OC)c(OC)c3)s2)c1. The number of carbonyl (C=O) groups excluding carboxylic acids is 2. The van der Waals surface area contributed by atoms with Gasteiger partial charge in [0.25, 0.3) is 11.8 Å². The smallest absolute Gasteiger partial charge is 0.257 e. The van der Waals surface area contributed by atoms with Crippen LogP contribution in [0.5, 0.6) is 23.0 Å². The molecule has 0 saturated heterocycles. The minimum atomic E-state index is -0.400. The van der Waals surface area contributed by atoms with Crippen molar-refractivity contribution in [3.8, 4) is 23.0 Å². The summed E-state index contributed by atoms with van der Waals surface area (Å²) in [4.78, 5) is 25.0. The number of methoxy groups -OCH3 is 4. The van der Waals surface area contributed by atoms with Crippen molar-refractivity contribution < 1.29 is 28.5 Å². The van der Waals surface area contributed by atoms with Crippen LogP contribution in [0.25, 0.3) is 0 Å². The quantitative estimate of drug-likeness (QED) is 0.462. The number of nitrogens with zero attached hydrogens (tertiary/aromatic N) is 2. The Morgan fingerprint density at radius 1 is 0.879 bits per heavy atom. The summed E-state index contributed by atoms with van der Waals surface area (Å²) in [6, 6.07) is 9.99. The Balaban J connectivity index is 1.58. The van der Waals surface area contributed by atoms with Gasteiger partial charge in [-0.15, -0.1) is 10.2 Å². The monoisotopic (exact) mass is 472 g/mol. The lowest BCUT2D eigenvalue weighted by Crippen LogP contribution is -2.25. The number of hydrogen-bond donors (Lipinski definition) is 2. The summed E-state index contributed by atoms with van der Waals surface area (Å²) in [6.07, 6.45) is 0.466. The average Bonchev–Trinajstić information content (AvgIpc) is 3.29. The van der Waals surface area contributed by atoms with E-state index in [0.717, 1.165) is 0 Å². The molecule has 1 aromatic heterocycles. The van der Waals surface area contributed by atoms with Crippen LogP contribution < -0.4 is 29.6 Å². The summed E-state index contributed by atoms with van der Waals surface area (Å²) in [6.45, 7) is 0.367. The third-order valence-electron chi connectivity index (χ3n) is 4.57. The van der Waals surface area contributed by atoms with Crippen molar-refractivity contribution in [2.75, 3.05) is 40.3 Å². The first-order valence-corrected chi connectivity index (χ1v) is 10.7. The number of aromatic nitrogens is 2. The van der Waals surface area contributed by atoms with Crippen molar-refractivity contribution in [3.05, 3.63) is 52.5 Å². The highest BCUT2D eigenvalue weighted by Gasteiger charge is 2.18. The highest BCUT2D eigenvalue weighted by Crippen LogP contribution is 2.38. The second-order valence-electron chi connectivity index (χ2n) is 6.61. The third kappa shape index (κ3) is 5.89. The molecule has 2 amide bonds. The Bertz CT molecular complexity index is 1110. The fourth-order valence-electron chi connectivity index (χ4n) is 2.94. The molecular weight excluding hydrogens is 448 g/mol. The first-order valence-electron chi connectivity index (χ1n) is 9.85. The van der Waals surface area contributed by atoms with Crippen LogP contribution in [0.2, 0.25) is 0 Å². The lowest BCUT2D eigenvalue weighted by molar-refractivity contribution is 0.0953. The molecule has 3 aromatic rings. The van der Waals surface area contributed by atoms with Crippen LogP contribution in [0.15, 0.2) is 36.4 Å². The lowest BCUT2D eigenvalue weighted by atomic mass is 10.1. The molecule has 0 fully saturated rings. The number of rotatable bonds is 10. The molecule has 0 unspecified atom stereocenters. The predicted molar refractivity (Wildman–Crippen MR) is 123 cm³/mol. The van der Waals surface area contributed by atoms with Crippen LogP contribution in [-0.2, 0) is 6.42 Å².